The zero-order valence-electron chi connectivity index (χ0n) is 16.8. The molecule has 0 aliphatic heterocycles. The van der Waals surface area contributed by atoms with Gasteiger partial charge in [-0.2, -0.15) is 0 Å². The molecule has 0 radical (unpaired) electrons. The minimum absolute atomic E-state index is 0.0701. The molecule has 0 aromatic rings. The lowest BCUT2D eigenvalue weighted by Crippen LogP contribution is -2.67. The second-order valence-corrected chi connectivity index (χ2v) is 12.9. The van der Waals surface area contributed by atoms with Crippen LogP contribution in [0.3, 0.4) is 0 Å². The van der Waals surface area contributed by atoms with Gasteiger partial charge in [0.25, 0.3) is 0 Å². The van der Waals surface area contributed by atoms with Gasteiger partial charge in [-0.25, -0.2) is 8.42 Å². The number of sulfone groups is 1. The van der Waals surface area contributed by atoms with Crippen LogP contribution in [0.2, 0.25) is 0 Å². The van der Waals surface area contributed by atoms with Gasteiger partial charge in [-0.1, -0.05) is 13.3 Å². The zero-order chi connectivity index (χ0) is 19.8. The van der Waals surface area contributed by atoms with Crippen molar-refractivity contribution < 1.29 is 23.4 Å². The molecule has 1 spiro atoms. The van der Waals surface area contributed by atoms with Crippen molar-refractivity contribution in [1.29, 1.82) is 0 Å². The van der Waals surface area contributed by atoms with E-state index in [1.54, 1.807) is 0 Å². The number of aliphatic hydroxyl groups is 1. The van der Waals surface area contributed by atoms with Crippen molar-refractivity contribution in [2.24, 2.45) is 39.9 Å². The zero-order valence-corrected chi connectivity index (χ0v) is 17.6. The molecule has 8 atom stereocenters. The quantitative estimate of drug-likeness (QED) is 0.762. The molecule has 5 rings (SSSR count). The Morgan fingerprint density at radius 1 is 1.07 bits per heavy atom. The predicted molar refractivity (Wildman–Crippen MR) is 103 cm³/mol. The number of carbonyl (C=O) groups is 1. The average Bonchev–Trinajstić information content (AvgIpc) is 2.56. The molecule has 2 bridgehead atoms. The van der Waals surface area contributed by atoms with Crippen LogP contribution in [0.15, 0.2) is 0 Å². The summed E-state index contributed by atoms with van der Waals surface area (Å²) in [6, 6.07) is 0. The minimum Gasteiger partial charge on any atom is -0.481 e. The SMILES string of the molecule is C[C@@]12CCC[C@@](C)(C(=O)O)C1CC[C@@]13CC[C@H](CC21)[C@H](CS(C)(=O)=O)[C@H]3O. The van der Waals surface area contributed by atoms with Gasteiger partial charge in [-0.05, 0) is 80.5 Å². The Hall–Kier alpha value is -0.620. The molecule has 5 fully saturated rings. The van der Waals surface area contributed by atoms with Crippen molar-refractivity contribution in [3.05, 3.63) is 0 Å². The molecule has 5 aliphatic carbocycles. The van der Waals surface area contributed by atoms with Gasteiger partial charge in [0.2, 0.25) is 0 Å². The van der Waals surface area contributed by atoms with E-state index in [1.807, 2.05) is 6.92 Å². The number of carboxylic acid groups (broad SMARTS) is 1. The highest BCUT2D eigenvalue weighted by molar-refractivity contribution is 7.90. The fourth-order valence-electron chi connectivity index (χ4n) is 8.31. The van der Waals surface area contributed by atoms with Gasteiger partial charge in [0, 0.05) is 12.2 Å². The van der Waals surface area contributed by atoms with Crippen molar-refractivity contribution in [1.82, 2.24) is 0 Å². The number of hydrogen-bond donors (Lipinski definition) is 2. The Labute approximate surface area is 162 Å². The summed E-state index contributed by atoms with van der Waals surface area (Å²) < 4.78 is 23.9. The number of rotatable bonds is 3. The van der Waals surface area contributed by atoms with Crippen molar-refractivity contribution in [3.8, 4) is 0 Å². The van der Waals surface area contributed by atoms with Gasteiger partial charge >= 0.3 is 5.97 Å². The molecule has 154 valence electrons. The molecule has 6 heteroatoms. The largest absolute Gasteiger partial charge is 0.481 e. The monoisotopic (exact) mass is 398 g/mol. The van der Waals surface area contributed by atoms with E-state index < -0.39 is 27.3 Å². The van der Waals surface area contributed by atoms with E-state index in [2.05, 4.69) is 6.92 Å². The molecule has 0 amide bonds. The van der Waals surface area contributed by atoms with E-state index in [1.165, 1.54) is 6.26 Å². The third kappa shape index (κ3) is 2.65. The third-order valence-corrected chi connectivity index (χ3v) is 10.5. The number of carboxylic acids is 1. The Morgan fingerprint density at radius 3 is 2.37 bits per heavy atom. The summed E-state index contributed by atoms with van der Waals surface area (Å²) in [7, 11) is -3.13. The van der Waals surface area contributed by atoms with Crippen LogP contribution in [-0.2, 0) is 14.6 Å². The first-order chi connectivity index (χ1) is 12.4. The molecule has 27 heavy (non-hydrogen) atoms. The molecule has 5 aliphatic rings. The van der Waals surface area contributed by atoms with Crippen molar-refractivity contribution in [2.75, 3.05) is 12.0 Å². The second-order valence-electron chi connectivity index (χ2n) is 10.7. The van der Waals surface area contributed by atoms with Crippen molar-refractivity contribution >= 4 is 15.8 Å². The maximum Gasteiger partial charge on any atom is 0.309 e. The fourth-order valence-corrected chi connectivity index (χ4v) is 9.46. The first kappa shape index (κ1) is 19.7. The third-order valence-electron chi connectivity index (χ3n) is 9.47. The summed E-state index contributed by atoms with van der Waals surface area (Å²) in [5.74, 6) is -0.0417. The van der Waals surface area contributed by atoms with Crippen molar-refractivity contribution in [2.45, 2.75) is 71.3 Å². The van der Waals surface area contributed by atoms with Crippen LogP contribution in [-0.4, -0.2) is 42.7 Å². The highest BCUT2D eigenvalue weighted by Gasteiger charge is 2.68. The Kier molecular flexibility index (Phi) is 4.33. The second kappa shape index (κ2) is 5.94. The highest BCUT2D eigenvalue weighted by Crippen LogP contribution is 2.72. The molecule has 0 aromatic carbocycles. The van der Waals surface area contributed by atoms with Crippen LogP contribution in [0.25, 0.3) is 0 Å². The van der Waals surface area contributed by atoms with E-state index in [4.69, 9.17) is 0 Å². The smallest absolute Gasteiger partial charge is 0.309 e. The molecule has 2 unspecified atom stereocenters. The van der Waals surface area contributed by atoms with E-state index >= 15 is 0 Å². The number of aliphatic carboxylic acids is 1. The van der Waals surface area contributed by atoms with Crippen LogP contribution < -0.4 is 0 Å². The average molecular weight is 399 g/mol. The lowest BCUT2D eigenvalue weighted by atomic mass is 9.35. The van der Waals surface area contributed by atoms with E-state index in [0.29, 0.717) is 5.92 Å². The maximum atomic E-state index is 12.1. The first-order valence-corrected chi connectivity index (χ1v) is 12.6. The van der Waals surface area contributed by atoms with E-state index in [-0.39, 0.29) is 34.3 Å². The minimum atomic E-state index is -3.13. The molecule has 0 aromatic heterocycles. The molecule has 0 saturated heterocycles. The maximum absolute atomic E-state index is 12.1. The Bertz CT molecular complexity index is 748. The van der Waals surface area contributed by atoms with Gasteiger partial charge in [-0.15, -0.1) is 0 Å². The van der Waals surface area contributed by atoms with Crippen LogP contribution in [0.4, 0.5) is 0 Å². The number of hydrogen-bond acceptors (Lipinski definition) is 4. The van der Waals surface area contributed by atoms with Crippen LogP contribution in [0.1, 0.15) is 65.2 Å². The molecular weight excluding hydrogens is 364 g/mol. The summed E-state index contributed by atoms with van der Waals surface area (Å²) in [4.78, 5) is 12.1. The Balaban J connectivity index is 1.71. The lowest BCUT2D eigenvalue weighted by Gasteiger charge is -2.69. The van der Waals surface area contributed by atoms with E-state index in [0.717, 1.165) is 51.4 Å². The van der Waals surface area contributed by atoms with Crippen LogP contribution >= 0.6 is 0 Å². The molecule has 5 saturated carbocycles. The molecule has 2 N–H and O–H groups in total. The lowest BCUT2D eigenvalue weighted by molar-refractivity contribution is -0.241. The van der Waals surface area contributed by atoms with Gasteiger partial charge in [0.05, 0.1) is 17.3 Å². The molecule has 5 nitrogen and oxygen atoms in total. The van der Waals surface area contributed by atoms with Gasteiger partial charge < -0.3 is 10.2 Å². The first-order valence-electron chi connectivity index (χ1n) is 10.5. The molecule has 0 heterocycles. The van der Waals surface area contributed by atoms with Gasteiger partial charge in [0.15, 0.2) is 0 Å². The predicted octanol–water partition coefficient (Wildman–Crippen LogP) is 3.12. The topological polar surface area (TPSA) is 91.7 Å². The fraction of sp³-hybridized carbons (Fsp3) is 0.952. The summed E-state index contributed by atoms with van der Waals surface area (Å²) in [6.45, 7) is 4.21. The highest BCUT2D eigenvalue weighted by atomic mass is 32.2. The van der Waals surface area contributed by atoms with Crippen LogP contribution in [0, 0.1) is 39.9 Å². The molecular formula is C21H34O5S. The summed E-state index contributed by atoms with van der Waals surface area (Å²) in [5.41, 5.74) is -0.964. The Morgan fingerprint density at radius 2 is 1.74 bits per heavy atom. The summed E-state index contributed by atoms with van der Waals surface area (Å²) >= 11 is 0. The number of fused-ring (bicyclic) bond motifs is 3. The van der Waals surface area contributed by atoms with Crippen molar-refractivity contribution in [3.63, 3.8) is 0 Å². The summed E-state index contributed by atoms with van der Waals surface area (Å²) in [5, 5.41) is 21.4. The van der Waals surface area contributed by atoms with Gasteiger partial charge in [-0.3, -0.25) is 4.79 Å². The summed E-state index contributed by atoms with van der Waals surface area (Å²) in [6.07, 6.45) is 8.01. The number of aliphatic hydroxyl groups excluding tert-OH is 1. The van der Waals surface area contributed by atoms with E-state index in [9.17, 15) is 23.4 Å². The van der Waals surface area contributed by atoms with Crippen LogP contribution in [0.5, 0.6) is 0 Å². The van der Waals surface area contributed by atoms with Gasteiger partial charge in [0.1, 0.15) is 9.84 Å². The normalized spacial score (nSPS) is 52.1. The standard InChI is InChI=1S/C21H34O5S/c1-19-7-4-8-20(2,18(23)24)15(19)6-10-21-9-5-13(11-16(19)21)14(17(21)22)12-27(3,25)26/h13-17,22H,4-12H2,1-3H3,(H,23,24)/t13-,14+,15?,16?,17-,19-,20-,21+/m1/s1.